The fraction of sp³-hybridized carbons (Fsp3) is 0.688. The summed E-state index contributed by atoms with van der Waals surface area (Å²) in [5.41, 5.74) is 9.45. The Morgan fingerprint density at radius 1 is 1.05 bits per heavy atom. The summed E-state index contributed by atoms with van der Waals surface area (Å²) >= 11 is 0. The van der Waals surface area contributed by atoms with Crippen LogP contribution in [0.1, 0.15) is 86.3 Å². The average Bonchev–Trinajstić information content (AvgIpc) is 3.45. The maximum Gasteiger partial charge on any atom is 0.200 e. The smallest absolute Gasteiger partial charge is 0.200 e. The number of hydrogen-bond acceptors (Lipinski definition) is 8. The molecule has 0 radical (unpaired) electrons. The van der Waals surface area contributed by atoms with Crippen LogP contribution in [-0.2, 0) is 23.7 Å². The maximum absolute atomic E-state index is 14.4. The molecule has 0 amide bonds. The number of aromatic nitrogens is 2. The monoisotopic (exact) mass is 616 g/mol. The van der Waals surface area contributed by atoms with Crippen molar-refractivity contribution >= 4 is 29.7 Å². The van der Waals surface area contributed by atoms with Gasteiger partial charge in [-0.1, -0.05) is 54.4 Å². The van der Waals surface area contributed by atoms with Crippen molar-refractivity contribution in [1.82, 2.24) is 9.97 Å². The van der Waals surface area contributed by atoms with Gasteiger partial charge in [-0.05, 0) is 67.1 Å². The van der Waals surface area contributed by atoms with Crippen molar-refractivity contribution in [3.8, 4) is 11.4 Å². The zero-order valence-electron chi connectivity index (χ0n) is 26.7. The van der Waals surface area contributed by atoms with Crippen molar-refractivity contribution in [2.75, 3.05) is 42.8 Å². The highest BCUT2D eigenvalue weighted by Gasteiger charge is 2.49. The molecule has 0 unspecified atom stereocenters. The van der Waals surface area contributed by atoms with Crippen molar-refractivity contribution in [2.24, 2.45) is 0 Å². The summed E-state index contributed by atoms with van der Waals surface area (Å²) in [4.78, 5) is 12.2. The number of morpholine rings is 1. The Morgan fingerprint density at radius 2 is 1.67 bits per heavy atom. The van der Waals surface area contributed by atoms with Gasteiger partial charge >= 0.3 is 0 Å². The van der Waals surface area contributed by atoms with E-state index in [1.54, 1.807) is 0 Å². The Balaban J connectivity index is 1.68. The van der Waals surface area contributed by atoms with Crippen LogP contribution in [0.25, 0.3) is 11.4 Å². The van der Waals surface area contributed by atoms with Crippen LogP contribution in [-0.4, -0.2) is 64.9 Å². The van der Waals surface area contributed by atoms with Crippen molar-refractivity contribution in [3.05, 3.63) is 36.0 Å². The molecular weight excluding hydrogens is 565 g/mol. The Kier molecular flexibility index (Phi) is 10.4. The third-order valence-electron chi connectivity index (χ3n) is 9.63. The SMILES string of the molecule is CC(C)[Si](OCCCS(=O)(=O)C1(c2cc(N3CCOC[C@@H]3C)nc(-c3ccc(N)cc3)n2)CCCC1)(C(C)C)C(C)C. The number of nitrogens with two attached hydrogens (primary N) is 1. The average molecular weight is 617 g/mol. The fourth-order valence-electron chi connectivity index (χ4n) is 7.51. The van der Waals surface area contributed by atoms with Gasteiger partial charge in [0.2, 0.25) is 0 Å². The highest BCUT2D eigenvalue weighted by Crippen LogP contribution is 2.47. The highest BCUT2D eigenvalue weighted by molar-refractivity contribution is 7.92. The normalized spacial score (nSPS) is 19.8. The van der Waals surface area contributed by atoms with Crippen LogP contribution in [0.5, 0.6) is 0 Å². The first-order valence-corrected chi connectivity index (χ1v) is 19.6. The molecule has 1 atom stereocenters. The summed E-state index contributed by atoms with van der Waals surface area (Å²) in [6.45, 7) is 18.1. The number of rotatable bonds is 12. The summed E-state index contributed by atoms with van der Waals surface area (Å²) in [6.07, 6.45) is 3.38. The Morgan fingerprint density at radius 3 is 2.24 bits per heavy atom. The number of anilines is 2. The molecule has 1 aliphatic heterocycles. The molecule has 1 aromatic heterocycles. The molecule has 0 spiro atoms. The second kappa shape index (κ2) is 13.3. The lowest BCUT2D eigenvalue weighted by Crippen LogP contribution is -2.48. The van der Waals surface area contributed by atoms with Crippen LogP contribution in [0.3, 0.4) is 0 Å². The number of nitrogen functional groups attached to an aromatic ring is 1. The first-order chi connectivity index (χ1) is 19.8. The molecule has 2 fully saturated rings. The van der Waals surface area contributed by atoms with Gasteiger partial charge in [0.15, 0.2) is 24.0 Å². The van der Waals surface area contributed by atoms with Gasteiger partial charge in [0.1, 0.15) is 10.6 Å². The van der Waals surface area contributed by atoms with Crippen molar-refractivity contribution < 1.29 is 17.6 Å². The number of ether oxygens (including phenoxy) is 1. The first kappa shape index (κ1) is 32.9. The Labute approximate surface area is 254 Å². The molecule has 10 heteroatoms. The van der Waals surface area contributed by atoms with Crippen LogP contribution < -0.4 is 10.6 Å². The molecule has 4 rings (SSSR count). The molecule has 2 aliphatic rings. The summed E-state index contributed by atoms with van der Waals surface area (Å²) in [5.74, 6) is 1.39. The van der Waals surface area contributed by atoms with Gasteiger partial charge in [0.25, 0.3) is 0 Å². The molecule has 2 N–H and O–H groups in total. The minimum Gasteiger partial charge on any atom is -0.416 e. The van der Waals surface area contributed by atoms with Gasteiger partial charge in [-0.15, -0.1) is 0 Å². The topological polar surface area (TPSA) is 108 Å². The standard InChI is InChI=1S/C32H52N4O4SSi/c1-23(2)42(24(3)4,25(5)6)40-18-10-20-41(37,38)32(15-8-9-16-32)29-21-30(36-17-19-39-22-26(36)7)35-31(34-29)27-11-13-28(33)14-12-27/h11-14,21,23-26H,8-10,15-20,22,33H2,1-7H3/t26-/m0/s1. The third-order valence-corrected chi connectivity index (χ3v) is 18.4. The summed E-state index contributed by atoms with van der Waals surface area (Å²) in [6, 6.07) is 9.54. The molecule has 234 valence electrons. The molecule has 42 heavy (non-hydrogen) atoms. The second-order valence-corrected chi connectivity index (χ2v) is 21.1. The molecule has 1 aliphatic carbocycles. The highest BCUT2D eigenvalue weighted by atomic mass is 32.2. The number of sulfone groups is 1. The van der Waals surface area contributed by atoms with Gasteiger partial charge in [0, 0.05) is 30.5 Å². The minimum absolute atomic E-state index is 0.0935. The lowest BCUT2D eigenvalue weighted by molar-refractivity contribution is 0.0985. The van der Waals surface area contributed by atoms with E-state index < -0.39 is 22.9 Å². The summed E-state index contributed by atoms with van der Waals surface area (Å²) < 4.78 is 40.1. The molecule has 0 bridgehead atoms. The van der Waals surface area contributed by atoms with E-state index >= 15 is 0 Å². The van der Waals surface area contributed by atoms with E-state index in [9.17, 15) is 8.42 Å². The summed E-state index contributed by atoms with van der Waals surface area (Å²) in [5, 5.41) is 0. The van der Waals surface area contributed by atoms with E-state index in [-0.39, 0.29) is 11.8 Å². The van der Waals surface area contributed by atoms with Crippen LogP contribution in [0.4, 0.5) is 11.5 Å². The van der Waals surface area contributed by atoms with E-state index in [1.165, 1.54) is 0 Å². The quantitative estimate of drug-likeness (QED) is 0.159. The minimum atomic E-state index is -3.54. The summed E-state index contributed by atoms with van der Waals surface area (Å²) in [7, 11) is -5.60. The van der Waals surface area contributed by atoms with Gasteiger partial charge in [0.05, 0.1) is 30.7 Å². The Hall–Kier alpha value is -2.01. The molecular formula is C32H52N4O4SSi. The maximum atomic E-state index is 14.4. The zero-order chi connectivity index (χ0) is 30.7. The van der Waals surface area contributed by atoms with Crippen LogP contribution in [0, 0.1) is 0 Å². The van der Waals surface area contributed by atoms with Gasteiger partial charge < -0.3 is 19.8 Å². The number of hydrogen-bond donors (Lipinski definition) is 1. The van der Waals surface area contributed by atoms with Crippen molar-refractivity contribution in [3.63, 3.8) is 0 Å². The van der Waals surface area contributed by atoms with Gasteiger partial charge in [-0.25, -0.2) is 18.4 Å². The van der Waals surface area contributed by atoms with Crippen molar-refractivity contribution in [1.29, 1.82) is 0 Å². The first-order valence-electron chi connectivity index (χ1n) is 15.8. The zero-order valence-corrected chi connectivity index (χ0v) is 28.5. The third kappa shape index (κ3) is 6.42. The molecule has 8 nitrogen and oxygen atoms in total. The largest absolute Gasteiger partial charge is 0.416 e. The lowest BCUT2D eigenvalue weighted by atomic mass is 10.0. The van der Waals surface area contributed by atoms with E-state index in [4.69, 9.17) is 24.9 Å². The van der Waals surface area contributed by atoms with E-state index in [0.29, 0.717) is 79.5 Å². The molecule has 2 aromatic rings. The predicted octanol–water partition coefficient (Wildman–Crippen LogP) is 6.72. The molecule has 2 heterocycles. The Bertz CT molecular complexity index is 1270. The molecule has 1 saturated heterocycles. The van der Waals surface area contributed by atoms with Gasteiger partial charge in [-0.2, -0.15) is 0 Å². The van der Waals surface area contributed by atoms with E-state index in [1.807, 2.05) is 30.3 Å². The molecule has 1 aromatic carbocycles. The van der Waals surface area contributed by atoms with Crippen molar-refractivity contribution in [2.45, 2.75) is 108 Å². The molecule has 1 saturated carbocycles. The number of nitrogens with zero attached hydrogens (tertiary/aromatic N) is 3. The van der Waals surface area contributed by atoms with Crippen LogP contribution >= 0.6 is 0 Å². The number of benzene rings is 1. The second-order valence-electron chi connectivity index (χ2n) is 13.2. The van der Waals surface area contributed by atoms with E-state index in [2.05, 4.69) is 53.4 Å². The predicted molar refractivity (Wildman–Crippen MR) is 175 cm³/mol. The van der Waals surface area contributed by atoms with Crippen LogP contribution in [0.2, 0.25) is 16.6 Å². The van der Waals surface area contributed by atoms with Gasteiger partial charge in [-0.3, -0.25) is 0 Å². The lowest BCUT2D eigenvalue weighted by Gasteiger charge is -2.42. The fourth-order valence-corrected chi connectivity index (χ4v) is 15.2. The van der Waals surface area contributed by atoms with Crippen LogP contribution in [0.15, 0.2) is 30.3 Å². The van der Waals surface area contributed by atoms with E-state index in [0.717, 1.165) is 24.2 Å².